The number of carbonyl (C=O) groups is 1. The summed E-state index contributed by atoms with van der Waals surface area (Å²) >= 11 is 0. The number of hydrogen-bond donors (Lipinski definition) is 0. The quantitative estimate of drug-likeness (QED) is 0.302. The van der Waals surface area contributed by atoms with Gasteiger partial charge >= 0.3 is 6.41 Å². The van der Waals surface area contributed by atoms with Crippen molar-refractivity contribution < 1.29 is 14.8 Å². The maximum absolute atomic E-state index is 10.7. The van der Waals surface area contributed by atoms with E-state index in [1.54, 1.807) is 0 Å². The molecule has 0 aromatic rings. The lowest BCUT2D eigenvalue weighted by Gasteiger charge is -2.20. The van der Waals surface area contributed by atoms with Gasteiger partial charge in [-0.1, -0.05) is 58.3 Å². The fraction of sp³-hybridized carbons (Fsp3) is 0.933. The topological polar surface area (TPSA) is 47.1 Å². The van der Waals surface area contributed by atoms with E-state index in [9.17, 15) is 4.79 Å². The summed E-state index contributed by atoms with van der Waals surface area (Å²) in [4.78, 5) is 10.7. The Morgan fingerprint density at radius 2 is 1.17 bits per heavy atom. The second kappa shape index (κ2) is 13.0. The first-order valence-corrected chi connectivity index (χ1v) is 7.41. The molecule has 0 bridgehead atoms. The molecule has 0 rings (SSSR count). The van der Waals surface area contributed by atoms with Gasteiger partial charge < -0.3 is 5.48 Å². The highest BCUT2D eigenvalue weighted by Crippen LogP contribution is 2.11. The van der Waals surface area contributed by atoms with Gasteiger partial charge in [0.05, 0.1) is 20.6 Å². The molecule has 1 N–H and O–H groups in total. The minimum Gasteiger partial charge on any atom is -0.870 e. The van der Waals surface area contributed by atoms with Gasteiger partial charge in [-0.2, -0.15) is 0 Å². The van der Waals surface area contributed by atoms with Crippen LogP contribution in [0.25, 0.3) is 0 Å². The van der Waals surface area contributed by atoms with E-state index in [0.29, 0.717) is 4.48 Å². The van der Waals surface area contributed by atoms with Gasteiger partial charge in [-0.05, 0) is 12.8 Å². The Bertz CT molecular complexity index is 181. The van der Waals surface area contributed by atoms with Crippen LogP contribution in [-0.2, 0) is 4.79 Å². The largest absolute Gasteiger partial charge is 0.870 e. The maximum Gasteiger partial charge on any atom is 0.301 e. The van der Waals surface area contributed by atoms with Crippen LogP contribution in [-0.4, -0.2) is 37.0 Å². The second-order valence-corrected chi connectivity index (χ2v) is 5.79. The molecule has 0 aromatic heterocycles. The standard InChI is InChI=1S/C15H32NO.H2O/c1-4-5-6-7-8-9-10-11-12-13-14-16(2,3)15-17;/h15H,4-14H2,1-3H3;1H2/q+1;/p-1. The summed E-state index contributed by atoms with van der Waals surface area (Å²) in [6.07, 6.45) is 14.6. The molecular formula is C15H33NO2. The molecule has 0 fully saturated rings. The molecular weight excluding hydrogens is 226 g/mol. The van der Waals surface area contributed by atoms with Crippen LogP contribution in [0.2, 0.25) is 0 Å². The molecule has 0 radical (unpaired) electrons. The maximum atomic E-state index is 10.7. The van der Waals surface area contributed by atoms with Crippen LogP contribution >= 0.6 is 0 Å². The Morgan fingerprint density at radius 3 is 1.56 bits per heavy atom. The van der Waals surface area contributed by atoms with Gasteiger partial charge in [-0.3, -0.25) is 4.48 Å². The van der Waals surface area contributed by atoms with Gasteiger partial charge in [0.15, 0.2) is 0 Å². The smallest absolute Gasteiger partial charge is 0.301 e. The first-order chi connectivity index (χ1) is 8.12. The van der Waals surface area contributed by atoms with Gasteiger partial charge in [0.2, 0.25) is 0 Å². The minimum absolute atomic E-state index is 0. The normalized spacial score (nSPS) is 11.1. The lowest BCUT2D eigenvalue weighted by Crippen LogP contribution is -2.38. The molecule has 3 heteroatoms. The second-order valence-electron chi connectivity index (χ2n) is 5.79. The average Bonchev–Trinajstić information content (AvgIpc) is 2.31. The average molecular weight is 259 g/mol. The molecule has 0 spiro atoms. The first kappa shape index (κ1) is 19.9. The number of nitrogens with zero attached hydrogens (tertiary/aromatic N) is 1. The Morgan fingerprint density at radius 1 is 0.778 bits per heavy atom. The highest BCUT2D eigenvalue weighted by atomic mass is 16.1. The van der Waals surface area contributed by atoms with Crippen molar-refractivity contribution in [2.45, 2.75) is 71.1 Å². The summed E-state index contributed by atoms with van der Waals surface area (Å²) in [6, 6.07) is 0. The Labute approximate surface area is 113 Å². The van der Waals surface area contributed by atoms with Crippen molar-refractivity contribution in [2.24, 2.45) is 0 Å². The number of hydrogen-bond acceptors (Lipinski definition) is 2. The predicted octanol–water partition coefficient (Wildman–Crippen LogP) is 3.96. The van der Waals surface area contributed by atoms with E-state index in [4.69, 9.17) is 0 Å². The van der Waals surface area contributed by atoms with Crippen LogP contribution in [0.4, 0.5) is 0 Å². The fourth-order valence-electron chi connectivity index (χ4n) is 2.06. The Kier molecular flexibility index (Phi) is 14.4. The Balaban J connectivity index is 0. The number of rotatable bonds is 12. The molecule has 3 nitrogen and oxygen atoms in total. The van der Waals surface area contributed by atoms with E-state index in [1.807, 2.05) is 14.1 Å². The van der Waals surface area contributed by atoms with Gasteiger partial charge in [0.1, 0.15) is 0 Å². The van der Waals surface area contributed by atoms with Crippen molar-refractivity contribution in [1.29, 1.82) is 0 Å². The van der Waals surface area contributed by atoms with Crippen LogP contribution in [0.3, 0.4) is 0 Å². The van der Waals surface area contributed by atoms with Gasteiger partial charge in [0, 0.05) is 0 Å². The fourth-order valence-corrected chi connectivity index (χ4v) is 2.06. The number of quaternary nitrogens is 1. The zero-order chi connectivity index (χ0) is 13.0. The lowest BCUT2D eigenvalue weighted by atomic mass is 10.1. The molecule has 0 aliphatic rings. The van der Waals surface area contributed by atoms with Crippen molar-refractivity contribution in [2.75, 3.05) is 20.6 Å². The Hall–Kier alpha value is -0.410. The van der Waals surface area contributed by atoms with Crippen LogP contribution in [0, 0.1) is 0 Å². The molecule has 0 heterocycles. The molecule has 110 valence electrons. The summed E-state index contributed by atoms with van der Waals surface area (Å²) < 4.78 is 0.511. The molecule has 0 saturated heterocycles. The summed E-state index contributed by atoms with van der Waals surface area (Å²) in [5.74, 6) is 0. The van der Waals surface area contributed by atoms with E-state index in [1.165, 1.54) is 64.2 Å². The van der Waals surface area contributed by atoms with Gasteiger partial charge in [-0.15, -0.1) is 0 Å². The number of carbonyl (C=O) groups excluding carboxylic acids is 1. The van der Waals surface area contributed by atoms with E-state index < -0.39 is 0 Å². The predicted molar refractivity (Wildman–Crippen MR) is 76.8 cm³/mol. The van der Waals surface area contributed by atoms with Crippen LogP contribution < -0.4 is 0 Å². The monoisotopic (exact) mass is 259 g/mol. The number of unbranched alkanes of at least 4 members (excludes halogenated alkanes) is 9. The highest BCUT2D eigenvalue weighted by Gasteiger charge is 2.11. The molecule has 18 heavy (non-hydrogen) atoms. The third kappa shape index (κ3) is 13.7. The molecule has 0 aliphatic heterocycles. The summed E-state index contributed by atoms with van der Waals surface area (Å²) in [5.41, 5.74) is 0. The molecule has 0 unspecified atom stereocenters. The van der Waals surface area contributed by atoms with Crippen molar-refractivity contribution >= 4 is 6.41 Å². The highest BCUT2D eigenvalue weighted by molar-refractivity contribution is 5.36. The zero-order valence-corrected chi connectivity index (χ0v) is 12.7. The zero-order valence-electron chi connectivity index (χ0n) is 12.7. The lowest BCUT2D eigenvalue weighted by molar-refractivity contribution is -0.804. The van der Waals surface area contributed by atoms with Crippen molar-refractivity contribution in [3.05, 3.63) is 0 Å². The number of amides is 1. The third-order valence-electron chi connectivity index (χ3n) is 3.37. The van der Waals surface area contributed by atoms with Gasteiger partial charge in [0.25, 0.3) is 0 Å². The summed E-state index contributed by atoms with van der Waals surface area (Å²) in [7, 11) is 3.95. The molecule has 0 atom stereocenters. The molecule has 0 saturated carbocycles. The van der Waals surface area contributed by atoms with Crippen molar-refractivity contribution in [1.82, 2.24) is 0 Å². The van der Waals surface area contributed by atoms with E-state index in [2.05, 4.69) is 6.92 Å². The third-order valence-corrected chi connectivity index (χ3v) is 3.37. The van der Waals surface area contributed by atoms with Crippen LogP contribution in [0.1, 0.15) is 71.1 Å². The summed E-state index contributed by atoms with van der Waals surface area (Å²) in [5, 5.41) is 0. The van der Waals surface area contributed by atoms with Crippen molar-refractivity contribution in [3.63, 3.8) is 0 Å². The molecule has 0 aromatic carbocycles. The van der Waals surface area contributed by atoms with Crippen LogP contribution in [0.15, 0.2) is 0 Å². The van der Waals surface area contributed by atoms with E-state index >= 15 is 0 Å². The van der Waals surface area contributed by atoms with E-state index in [0.717, 1.165) is 13.0 Å². The minimum atomic E-state index is 0. The van der Waals surface area contributed by atoms with Crippen LogP contribution in [0.5, 0.6) is 0 Å². The van der Waals surface area contributed by atoms with Crippen molar-refractivity contribution in [3.8, 4) is 0 Å². The summed E-state index contributed by atoms with van der Waals surface area (Å²) in [6.45, 7) is 3.25. The van der Waals surface area contributed by atoms with Gasteiger partial charge in [-0.25, -0.2) is 4.79 Å². The molecule has 0 aliphatic carbocycles. The van der Waals surface area contributed by atoms with E-state index in [-0.39, 0.29) is 5.48 Å². The molecule has 1 amide bonds. The SMILES string of the molecule is CCCCCCCCCCCC[N+](C)(C)C=O.[OH-]. The first-order valence-electron chi connectivity index (χ1n) is 7.41.